The summed E-state index contributed by atoms with van der Waals surface area (Å²) < 4.78 is 0. The SMILES string of the molecule is CN1O[C@H](C[Si](C)(C)C)C[C@@H]1C(C)(C)C. The summed E-state index contributed by atoms with van der Waals surface area (Å²) >= 11 is 0. The second-order valence-corrected chi connectivity index (χ2v) is 12.7. The van der Waals surface area contributed by atoms with Crippen molar-refractivity contribution in [2.45, 2.75) is 65.0 Å². The topological polar surface area (TPSA) is 12.5 Å². The highest BCUT2D eigenvalue weighted by atomic mass is 28.3. The summed E-state index contributed by atoms with van der Waals surface area (Å²) in [6.07, 6.45) is 1.66. The van der Waals surface area contributed by atoms with Gasteiger partial charge in [-0.15, -0.1) is 0 Å². The summed E-state index contributed by atoms with van der Waals surface area (Å²) in [6, 6.07) is 1.85. The molecule has 0 unspecified atom stereocenters. The maximum absolute atomic E-state index is 5.94. The van der Waals surface area contributed by atoms with Crippen LogP contribution < -0.4 is 0 Å². The standard InChI is InChI=1S/C12H27NOSi/c1-12(2,3)11-8-10(14-13(11)4)9-15(5,6)7/h10-11H,8-9H2,1-7H3/t10-,11+/m0/s1. The predicted octanol–water partition coefficient (Wildman–Crippen LogP) is 3.38. The molecule has 90 valence electrons. The fourth-order valence-corrected chi connectivity index (χ4v) is 4.06. The third-order valence-corrected chi connectivity index (χ3v) is 4.76. The maximum Gasteiger partial charge on any atom is 0.0785 e. The molecule has 0 aromatic rings. The molecule has 2 nitrogen and oxygen atoms in total. The lowest BCUT2D eigenvalue weighted by atomic mass is 9.84. The first-order valence-corrected chi connectivity index (χ1v) is 9.70. The van der Waals surface area contributed by atoms with Crippen LogP contribution in [0, 0.1) is 5.41 Å². The van der Waals surface area contributed by atoms with E-state index in [9.17, 15) is 0 Å². The van der Waals surface area contributed by atoms with E-state index in [1.807, 2.05) is 0 Å². The highest BCUT2D eigenvalue weighted by molar-refractivity contribution is 6.76. The van der Waals surface area contributed by atoms with E-state index in [2.05, 4.69) is 52.5 Å². The van der Waals surface area contributed by atoms with Crippen LogP contribution in [0.2, 0.25) is 25.7 Å². The van der Waals surface area contributed by atoms with Crippen LogP contribution in [0.1, 0.15) is 27.2 Å². The molecule has 0 aliphatic carbocycles. The molecule has 3 heteroatoms. The van der Waals surface area contributed by atoms with Crippen LogP contribution in [-0.4, -0.2) is 32.3 Å². The first-order chi connectivity index (χ1) is 6.59. The molecule has 15 heavy (non-hydrogen) atoms. The average Bonchev–Trinajstić information content (AvgIpc) is 2.25. The van der Waals surface area contributed by atoms with Crippen molar-refractivity contribution in [3.05, 3.63) is 0 Å². The van der Waals surface area contributed by atoms with E-state index in [0.29, 0.717) is 17.6 Å². The largest absolute Gasteiger partial charge is 0.296 e. The van der Waals surface area contributed by atoms with E-state index in [1.54, 1.807) is 0 Å². The van der Waals surface area contributed by atoms with Crippen LogP contribution in [0.3, 0.4) is 0 Å². The highest BCUT2D eigenvalue weighted by Crippen LogP contribution is 2.35. The van der Waals surface area contributed by atoms with Crippen molar-refractivity contribution in [2.75, 3.05) is 7.05 Å². The van der Waals surface area contributed by atoms with Crippen molar-refractivity contribution in [1.29, 1.82) is 0 Å². The Morgan fingerprint density at radius 2 is 1.80 bits per heavy atom. The van der Waals surface area contributed by atoms with Crippen LogP contribution in [0.25, 0.3) is 0 Å². The zero-order valence-electron chi connectivity index (χ0n) is 11.4. The van der Waals surface area contributed by atoms with Crippen molar-refractivity contribution in [3.8, 4) is 0 Å². The molecule has 0 amide bonds. The number of rotatable bonds is 2. The molecule has 1 saturated heterocycles. The molecule has 1 heterocycles. The number of hydroxylamine groups is 2. The second-order valence-electron chi connectivity index (χ2n) is 7.16. The van der Waals surface area contributed by atoms with Gasteiger partial charge in [-0.2, -0.15) is 5.06 Å². The minimum atomic E-state index is -0.992. The Hall–Kier alpha value is 0.137. The minimum Gasteiger partial charge on any atom is -0.296 e. The Balaban J connectivity index is 2.57. The Bertz CT molecular complexity index is 217. The monoisotopic (exact) mass is 229 g/mol. The van der Waals surface area contributed by atoms with E-state index in [4.69, 9.17) is 4.84 Å². The zero-order valence-corrected chi connectivity index (χ0v) is 12.4. The van der Waals surface area contributed by atoms with Crippen molar-refractivity contribution < 1.29 is 4.84 Å². The van der Waals surface area contributed by atoms with Gasteiger partial charge in [-0.25, -0.2) is 0 Å². The van der Waals surface area contributed by atoms with Gasteiger partial charge in [0.1, 0.15) is 0 Å². The Morgan fingerprint density at radius 1 is 1.27 bits per heavy atom. The molecule has 0 spiro atoms. The molecule has 0 bridgehead atoms. The van der Waals surface area contributed by atoms with Crippen molar-refractivity contribution in [3.63, 3.8) is 0 Å². The summed E-state index contributed by atoms with van der Waals surface area (Å²) in [7, 11) is 1.09. The fourth-order valence-electron chi connectivity index (χ4n) is 2.45. The molecule has 0 radical (unpaired) electrons. The molecule has 2 atom stereocenters. The van der Waals surface area contributed by atoms with Gasteiger partial charge in [-0.3, -0.25) is 4.84 Å². The van der Waals surface area contributed by atoms with Gasteiger partial charge in [0, 0.05) is 21.2 Å². The van der Waals surface area contributed by atoms with Crippen LogP contribution in [0.15, 0.2) is 0 Å². The van der Waals surface area contributed by atoms with Gasteiger partial charge in [-0.1, -0.05) is 40.4 Å². The minimum absolute atomic E-state index is 0.322. The van der Waals surface area contributed by atoms with Crippen LogP contribution in [0.4, 0.5) is 0 Å². The first kappa shape index (κ1) is 13.2. The van der Waals surface area contributed by atoms with E-state index < -0.39 is 8.07 Å². The molecule has 1 aliphatic heterocycles. The van der Waals surface area contributed by atoms with E-state index >= 15 is 0 Å². The summed E-state index contributed by atoms with van der Waals surface area (Å²) in [6.45, 7) is 14.2. The maximum atomic E-state index is 5.94. The summed E-state index contributed by atoms with van der Waals surface area (Å²) in [4.78, 5) is 5.94. The van der Waals surface area contributed by atoms with E-state index in [0.717, 1.165) is 0 Å². The van der Waals surface area contributed by atoms with Crippen LogP contribution in [-0.2, 0) is 4.84 Å². The van der Waals surface area contributed by atoms with Gasteiger partial charge >= 0.3 is 0 Å². The van der Waals surface area contributed by atoms with Crippen molar-refractivity contribution >= 4 is 8.07 Å². The van der Waals surface area contributed by atoms with E-state index in [1.165, 1.54) is 12.5 Å². The van der Waals surface area contributed by atoms with E-state index in [-0.39, 0.29) is 0 Å². The smallest absolute Gasteiger partial charge is 0.0785 e. The van der Waals surface area contributed by atoms with Gasteiger partial charge in [0.15, 0.2) is 0 Å². The third-order valence-electron chi connectivity index (χ3n) is 3.08. The molecular weight excluding hydrogens is 202 g/mol. The molecule has 0 aromatic heterocycles. The van der Waals surface area contributed by atoms with Crippen LogP contribution >= 0.6 is 0 Å². The molecular formula is C12H27NOSi. The Kier molecular flexibility index (Phi) is 3.69. The lowest BCUT2D eigenvalue weighted by molar-refractivity contribution is -0.152. The number of hydrogen-bond donors (Lipinski definition) is 0. The number of hydrogen-bond acceptors (Lipinski definition) is 2. The Labute approximate surface area is 96.0 Å². The van der Waals surface area contributed by atoms with Crippen molar-refractivity contribution in [1.82, 2.24) is 5.06 Å². The predicted molar refractivity (Wildman–Crippen MR) is 68.6 cm³/mol. The quantitative estimate of drug-likeness (QED) is 0.673. The van der Waals surface area contributed by atoms with Gasteiger partial charge in [0.25, 0.3) is 0 Å². The fraction of sp³-hybridized carbons (Fsp3) is 1.00. The molecule has 1 fully saturated rings. The average molecular weight is 229 g/mol. The lowest BCUT2D eigenvalue weighted by Gasteiger charge is -2.30. The number of nitrogens with zero attached hydrogens (tertiary/aromatic N) is 1. The first-order valence-electron chi connectivity index (χ1n) is 5.99. The zero-order chi connectivity index (χ0) is 11.9. The molecule has 1 aliphatic rings. The second kappa shape index (κ2) is 4.19. The third kappa shape index (κ3) is 3.89. The molecule has 0 N–H and O–H groups in total. The molecule has 0 aromatic carbocycles. The molecule has 0 saturated carbocycles. The highest BCUT2D eigenvalue weighted by Gasteiger charge is 2.39. The van der Waals surface area contributed by atoms with Gasteiger partial charge in [0.2, 0.25) is 0 Å². The lowest BCUT2D eigenvalue weighted by Crippen LogP contribution is -2.35. The van der Waals surface area contributed by atoms with Crippen molar-refractivity contribution in [2.24, 2.45) is 5.41 Å². The van der Waals surface area contributed by atoms with Gasteiger partial charge in [-0.05, 0) is 17.9 Å². The Morgan fingerprint density at radius 3 is 2.13 bits per heavy atom. The normalized spacial score (nSPS) is 29.8. The summed E-state index contributed by atoms with van der Waals surface area (Å²) in [5.41, 5.74) is 0.322. The van der Waals surface area contributed by atoms with Crippen LogP contribution in [0.5, 0.6) is 0 Å². The summed E-state index contributed by atoms with van der Waals surface area (Å²) in [5, 5.41) is 2.09. The van der Waals surface area contributed by atoms with Gasteiger partial charge < -0.3 is 0 Å². The van der Waals surface area contributed by atoms with Gasteiger partial charge in [0.05, 0.1) is 6.10 Å². The summed E-state index contributed by atoms with van der Waals surface area (Å²) in [5.74, 6) is 0. The molecule has 1 rings (SSSR count).